The van der Waals surface area contributed by atoms with E-state index in [4.69, 9.17) is 0 Å². The van der Waals surface area contributed by atoms with Crippen LogP contribution in [0.15, 0.2) is 18.6 Å². The fourth-order valence-corrected chi connectivity index (χ4v) is 0.920. The van der Waals surface area contributed by atoms with E-state index in [1.807, 2.05) is 13.1 Å². The van der Waals surface area contributed by atoms with Crippen molar-refractivity contribution >= 4 is 0 Å². The lowest BCUT2D eigenvalue weighted by atomic mass is 10.4. The molecular weight excluding hydrogens is 142 g/mol. The normalized spacial score (nSPS) is 10.3. The third kappa shape index (κ3) is 0.899. The molecule has 2 aromatic rings. The molecule has 56 valence electrons. The zero-order chi connectivity index (χ0) is 7.68. The second-order valence-electron chi connectivity index (χ2n) is 2.18. The molecule has 0 saturated carbocycles. The van der Waals surface area contributed by atoms with E-state index < -0.39 is 0 Å². The summed E-state index contributed by atoms with van der Waals surface area (Å²) in [5.74, 6) is 0.794. The van der Waals surface area contributed by atoms with Crippen molar-refractivity contribution in [2.45, 2.75) is 0 Å². The van der Waals surface area contributed by atoms with E-state index in [0.29, 0.717) is 0 Å². The van der Waals surface area contributed by atoms with Gasteiger partial charge >= 0.3 is 0 Å². The number of H-pyrrole nitrogens is 1. The first kappa shape index (κ1) is 6.09. The SMILES string of the molecule is Cn1ncnc1-c1ccn[nH]1. The molecule has 0 aliphatic heterocycles. The van der Waals surface area contributed by atoms with E-state index in [-0.39, 0.29) is 0 Å². The average molecular weight is 149 g/mol. The van der Waals surface area contributed by atoms with Crippen molar-refractivity contribution in [1.29, 1.82) is 0 Å². The number of nitrogens with one attached hydrogen (secondary N) is 1. The van der Waals surface area contributed by atoms with E-state index >= 15 is 0 Å². The summed E-state index contributed by atoms with van der Waals surface area (Å²) in [6, 6.07) is 1.85. The Labute approximate surface area is 63.1 Å². The highest BCUT2D eigenvalue weighted by molar-refractivity contribution is 5.47. The minimum Gasteiger partial charge on any atom is -0.275 e. The second kappa shape index (κ2) is 2.19. The standard InChI is InChI=1S/C6H7N5/c1-11-6(7-4-9-11)5-2-3-8-10-5/h2-4H,1H3,(H,8,10). The number of aromatic nitrogens is 5. The lowest BCUT2D eigenvalue weighted by Gasteiger charge is -1.93. The first-order chi connectivity index (χ1) is 5.38. The predicted molar refractivity (Wildman–Crippen MR) is 38.6 cm³/mol. The fraction of sp³-hybridized carbons (Fsp3) is 0.167. The summed E-state index contributed by atoms with van der Waals surface area (Å²) in [6.45, 7) is 0. The van der Waals surface area contributed by atoms with E-state index in [9.17, 15) is 0 Å². The Morgan fingerprint density at radius 1 is 1.55 bits per heavy atom. The number of hydrogen-bond donors (Lipinski definition) is 1. The number of nitrogens with zero attached hydrogens (tertiary/aromatic N) is 4. The number of rotatable bonds is 1. The maximum absolute atomic E-state index is 4.04. The molecule has 11 heavy (non-hydrogen) atoms. The number of aromatic amines is 1. The first-order valence-corrected chi connectivity index (χ1v) is 3.21. The molecule has 1 N–H and O–H groups in total. The van der Waals surface area contributed by atoms with E-state index in [1.165, 1.54) is 6.33 Å². The summed E-state index contributed by atoms with van der Waals surface area (Å²) in [5, 5.41) is 10.6. The van der Waals surface area contributed by atoms with Crippen LogP contribution in [0.5, 0.6) is 0 Å². The molecule has 5 nitrogen and oxygen atoms in total. The van der Waals surface area contributed by atoms with Gasteiger partial charge in [-0.25, -0.2) is 9.67 Å². The molecule has 5 heteroatoms. The van der Waals surface area contributed by atoms with E-state index in [1.54, 1.807) is 10.9 Å². The van der Waals surface area contributed by atoms with Crippen molar-refractivity contribution in [2.75, 3.05) is 0 Å². The molecule has 2 aromatic heterocycles. The van der Waals surface area contributed by atoms with Gasteiger partial charge in [-0.1, -0.05) is 0 Å². The van der Waals surface area contributed by atoms with E-state index in [0.717, 1.165) is 11.5 Å². The molecule has 0 atom stereocenters. The molecule has 2 heterocycles. The molecular formula is C6H7N5. The summed E-state index contributed by atoms with van der Waals surface area (Å²) < 4.78 is 1.69. The van der Waals surface area contributed by atoms with Crippen molar-refractivity contribution < 1.29 is 0 Å². The summed E-state index contributed by atoms with van der Waals surface area (Å²) in [6.07, 6.45) is 3.19. The minimum atomic E-state index is 0.794. The molecule has 0 aromatic carbocycles. The van der Waals surface area contributed by atoms with Gasteiger partial charge in [0.05, 0.1) is 0 Å². The molecule has 0 aliphatic carbocycles. The van der Waals surface area contributed by atoms with Gasteiger partial charge in [-0.05, 0) is 6.07 Å². The molecule has 0 bridgehead atoms. The Balaban J connectivity index is 2.53. The van der Waals surface area contributed by atoms with E-state index in [2.05, 4.69) is 20.3 Å². The second-order valence-corrected chi connectivity index (χ2v) is 2.18. The zero-order valence-electron chi connectivity index (χ0n) is 6.02. The highest BCUT2D eigenvalue weighted by Crippen LogP contribution is 2.09. The summed E-state index contributed by atoms with van der Waals surface area (Å²) in [5.41, 5.74) is 0.880. The predicted octanol–water partition coefficient (Wildman–Crippen LogP) is 0.205. The third-order valence-corrected chi connectivity index (χ3v) is 1.45. The first-order valence-electron chi connectivity index (χ1n) is 3.21. The Hall–Kier alpha value is -1.65. The molecule has 0 fully saturated rings. The molecule has 0 spiro atoms. The summed E-state index contributed by atoms with van der Waals surface area (Å²) >= 11 is 0. The van der Waals surface area contributed by atoms with Crippen molar-refractivity contribution in [1.82, 2.24) is 25.0 Å². The van der Waals surface area contributed by atoms with Crippen LogP contribution in [0.2, 0.25) is 0 Å². The maximum atomic E-state index is 4.04. The van der Waals surface area contributed by atoms with Crippen LogP contribution in [0, 0.1) is 0 Å². The van der Waals surface area contributed by atoms with Gasteiger partial charge in [0, 0.05) is 13.2 Å². The van der Waals surface area contributed by atoms with Crippen molar-refractivity contribution in [3.63, 3.8) is 0 Å². The Morgan fingerprint density at radius 3 is 3.00 bits per heavy atom. The van der Waals surface area contributed by atoms with Crippen LogP contribution in [0.1, 0.15) is 0 Å². The maximum Gasteiger partial charge on any atom is 0.175 e. The Kier molecular flexibility index (Phi) is 1.21. The topological polar surface area (TPSA) is 59.4 Å². The van der Waals surface area contributed by atoms with Crippen molar-refractivity contribution in [3.8, 4) is 11.5 Å². The van der Waals surface area contributed by atoms with Crippen LogP contribution in [-0.2, 0) is 7.05 Å². The van der Waals surface area contributed by atoms with Crippen LogP contribution >= 0.6 is 0 Å². The van der Waals surface area contributed by atoms with Gasteiger partial charge in [-0.15, -0.1) is 0 Å². The van der Waals surface area contributed by atoms with Crippen LogP contribution in [-0.4, -0.2) is 25.0 Å². The van der Waals surface area contributed by atoms with Crippen LogP contribution in [0.4, 0.5) is 0 Å². The quantitative estimate of drug-likeness (QED) is 0.630. The monoisotopic (exact) mass is 149 g/mol. The molecule has 2 rings (SSSR count). The van der Waals surface area contributed by atoms with Gasteiger partial charge < -0.3 is 0 Å². The molecule has 0 amide bonds. The molecule has 0 radical (unpaired) electrons. The van der Waals surface area contributed by atoms with Crippen LogP contribution in [0.25, 0.3) is 11.5 Å². The lowest BCUT2D eigenvalue weighted by molar-refractivity contribution is 0.771. The minimum absolute atomic E-state index is 0.794. The highest BCUT2D eigenvalue weighted by Gasteiger charge is 2.03. The average Bonchev–Trinajstić information content (AvgIpc) is 2.55. The van der Waals surface area contributed by atoms with Gasteiger partial charge in [0.2, 0.25) is 0 Å². The van der Waals surface area contributed by atoms with Crippen LogP contribution < -0.4 is 0 Å². The fourth-order valence-electron chi connectivity index (χ4n) is 0.920. The lowest BCUT2D eigenvalue weighted by Crippen LogP contribution is -1.94. The van der Waals surface area contributed by atoms with Crippen molar-refractivity contribution in [2.24, 2.45) is 7.05 Å². The van der Waals surface area contributed by atoms with Crippen LogP contribution in [0.3, 0.4) is 0 Å². The smallest absolute Gasteiger partial charge is 0.175 e. The van der Waals surface area contributed by atoms with Crippen molar-refractivity contribution in [3.05, 3.63) is 18.6 Å². The van der Waals surface area contributed by atoms with Gasteiger partial charge in [0.25, 0.3) is 0 Å². The Bertz CT molecular complexity index is 333. The zero-order valence-corrected chi connectivity index (χ0v) is 6.02. The molecule has 0 aliphatic rings. The number of hydrogen-bond acceptors (Lipinski definition) is 3. The summed E-state index contributed by atoms with van der Waals surface area (Å²) in [7, 11) is 1.84. The van der Waals surface area contributed by atoms with Gasteiger partial charge in [0.1, 0.15) is 12.0 Å². The third-order valence-electron chi connectivity index (χ3n) is 1.45. The summed E-state index contributed by atoms with van der Waals surface area (Å²) in [4.78, 5) is 4.04. The molecule has 0 unspecified atom stereocenters. The Morgan fingerprint density at radius 2 is 2.45 bits per heavy atom. The van der Waals surface area contributed by atoms with Gasteiger partial charge in [0.15, 0.2) is 5.82 Å². The largest absolute Gasteiger partial charge is 0.275 e. The van der Waals surface area contributed by atoms with Gasteiger partial charge in [-0.3, -0.25) is 5.10 Å². The number of aryl methyl sites for hydroxylation is 1. The van der Waals surface area contributed by atoms with Gasteiger partial charge in [-0.2, -0.15) is 10.2 Å². The highest BCUT2D eigenvalue weighted by atomic mass is 15.3. The molecule has 0 saturated heterocycles.